The Bertz CT molecular complexity index is 588. The summed E-state index contributed by atoms with van der Waals surface area (Å²) in [5.74, 6) is 0.380. The zero-order chi connectivity index (χ0) is 19.5. The van der Waals surface area contributed by atoms with E-state index in [1.807, 2.05) is 31.2 Å². The Hall–Kier alpha value is -1.80. The topological polar surface area (TPSA) is 54.9 Å². The standard InChI is InChI=1S/C19H28F3N3O2/c1-2-23-18(24-9-8-19(20,21)22)25-13-15-4-3-5-16(12-15)14-27-17-6-10-26-11-7-17/h3-5,12,17H,2,6-11,13-14H2,1H3,(H2,23,24,25). The minimum absolute atomic E-state index is 0.200. The molecule has 0 radical (unpaired) electrons. The molecular formula is C19H28F3N3O2. The average Bonchev–Trinajstić information content (AvgIpc) is 2.65. The van der Waals surface area contributed by atoms with Crippen LogP contribution in [0.25, 0.3) is 0 Å². The number of nitrogens with zero attached hydrogens (tertiary/aromatic N) is 1. The van der Waals surface area contributed by atoms with E-state index >= 15 is 0 Å². The number of hydrogen-bond acceptors (Lipinski definition) is 3. The summed E-state index contributed by atoms with van der Waals surface area (Å²) in [6, 6.07) is 7.90. The molecule has 0 bridgehead atoms. The van der Waals surface area contributed by atoms with Crippen molar-refractivity contribution in [2.45, 2.75) is 51.6 Å². The molecule has 0 spiro atoms. The molecular weight excluding hydrogens is 359 g/mol. The van der Waals surface area contributed by atoms with Gasteiger partial charge in [-0.25, -0.2) is 4.99 Å². The lowest BCUT2D eigenvalue weighted by molar-refractivity contribution is -0.132. The molecule has 1 aliphatic rings. The van der Waals surface area contributed by atoms with Gasteiger partial charge in [-0.15, -0.1) is 0 Å². The molecule has 2 N–H and O–H groups in total. The monoisotopic (exact) mass is 387 g/mol. The van der Waals surface area contributed by atoms with Crippen molar-refractivity contribution in [1.82, 2.24) is 10.6 Å². The molecule has 27 heavy (non-hydrogen) atoms. The van der Waals surface area contributed by atoms with Crippen molar-refractivity contribution in [1.29, 1.82) is 0 Å². The van der Waals surface area contributed by atoms with E-state index in [-0.39, 0.29) is 12.6 Å². The fraction of sp³-hybridized carbons (Fsp3) is 0.632. The molecule has 0 unspecified atom stereocenters. The van der Waals surface area contributed by atoms with Crippen molar-refractivity contribution in [2.75, 3.05) is 26.3 Å². The van der Waals surface area contributed by atoms with Crippen LogP contribution in [0.3, 0.4) is 0 Å². The van der Waals surface area contributed by atoms with Gasteiger partial charge in [-0.3, -0.25) is 0 Å². The zero-order valence-electron chi connectivity index (χ0n) is 15.6. The number of alkyl halides is 3. The molecule has 1 fully saturated rings. The summed E-state index contributed by atoms with van der Waals surface area (Å²) < 4.78 is 48.1. The van der Waals surface area contributed by atoms with Gasteiger partial charge in [0.1, 0.15) is 0 Å². The number of hydrogen-bond donors (Lipinski definition) is 2. The summed E-state index contributed by atoms with van der Waals surface area (Å²) in [6.45, 7) is 4.65. The fourth-order valence-corrected chi connectivity index (χ4v) is 2.71. The minimum atomic E-state index is -4.18. The molecule has 1 saturated heterocycles. The highest BCUT2D eigenvalue weighted by Gasteiger charge is 2.26. The van der Waals surface area contributed by atoms with Crippen LogP contribution < -0.4 is 10.6 Å². The van der Waals surface area contributed by atoms with Crippen LogP contribution in [0.2, 0.25) is 0 Å². The van der Waals surface area contributed by atoms with E-state index in [9.17, 15) is 13.2 Å². The molecule has 0 atom stereocenters. The lowest BCUT2D eigenvalue weighted by Gasteiger charge is -2.22. The van der Waals surface area contributed by atoms with Gasteiger partial charge >= 0.3 is 6.18 Å². The summed E-state index contributed by atoms with van der Waals surface area (Å²) in [7, 11) is 0. The summed E-state index contributed by atoms with van der Waals surface area (Å²) in [6.07, 6.45) is -3.00. The molecule has 2 rings (SSSR count). The van der Waals surface area contributed by atoms with Gasteiger partial charge in [0, 0.05) is 26.3 Å². The van der Waals surface area contributed by atoms with Gasteiger partial charge in [0.15, 0.2) is 5.96 Å². The lowest BCUT2D eigenvalue weighted by atomic mass is 10.1. The summed E-state index contributed by atoms with van der Waals surface area (Å²) in [5, 5.41) is 5.67. The van der Waals surface area contributed by atoms with E-state index in [0.29, 0.717) is 25.7 Å². The molecule has 0 amide bonds. The maximum atomic E-state index is 12.3. The van der Waals surface area contributed by atoms with E-state index in [2.05, 4.69) is 15.6 Å². The van der Waals surface area contributed by atoms with Gasteiger partial charge in [0.2, 0.25) is 0 Å². The molecule has 1 aliphatic heterocycles. The highest BCUT2D eigenvalue weighted by molar-refractivity contribution is 5.79. The van der Waals surface area contributed by atoms with Crippen molar-refractivity contribution in [3.63, 3.8) is 0 Å². The molecule has 1 aromatic rings. The van der Waals surface area contributed by atoms with Crippen molar-refractivity contribution in [3.05, 3.63) is 35.4 Å². The summed E-state index contributed by atoms with van der Waals surface area (Å²) in [4.78, 5) is 4.36. The first-order chi connectivity index (χ1) is 13.0. The van der Waals surface area contributed by atoms with Crippen molar-refractivity contribution in [3.8, 4) is 0 Å². The fourth-order valence-electron chi connectivity index (χ4n) is 2.71. The van der Waals surface area contributed by atoms with E-state index in [4.69, 9.17) is 9.47 Å². The van der Waals surface area contributed by atoms with Crippen LogP contribution in [0.1, 0.15) is 37.3 Å². The number of halogens is 3. The van der Waals surface area contributed by atoms with Gasteiger partial charge in [-0.1, -0.05) is 24.3 Å². The molecule has 8 heteroatoms. The van der Waals surface area contributed by atoms with Crippen LogP contribution >= 0.6 is 0 Å². The predicted octanol–water partition coefficient (Wildman–Crippen LogP) is 3.39. The Kier molecular flexibility index (Phi) is 8.87. The Labute approximate surface area is 158 Å². The zero-order valence-corrected chi connectivity index (χ0v) is 15.6. The van der Waals surface area contributed by atoms with Gasteiger partial charge in [0.05, 0.1) is 25.7 Å². The molecule has 0 saturated carbocycles. The molecule has 0 aromatic heterocycles. The molecule has 5 nitrogen and oxygen atoms in total. The highest BCUT2D eigenvalue weighted by atomic mass is 19.4. The summed E-state index contributed by atoms with van der Waals surface area (Å²) in [5.41, 5.74) is 2.04. The number of benzene rings is 1. The number of nitrogens with one attached hydrogen (secondary N) is 2. The van der Waals surface area contributed by atoms with Crippen LogP contribution in [-0.4, -0.2) is 44.5 Å². The summed E-state index contributed by atoms with van der Waals surface area (Å²) >= 11 is 0. The third-order valence-corrected chi connectivity index (χ3v) is 4.11. The maximum absolute atomic E-state index is 12.3. The predicted molar refractivity (Wildman–Crippen MR) is 98.6 cm³/mol. The molecule has 1 heterocycles. The second-order valence-corrected chi connectivity index (χ2v) is 6.43. The van der Waals surface area contributed by atoms with E-state index in [0.717, 1.165) is 37.2 Å². The van der Waals surface area contributed by atoms with Crippen molar-refractivity contribution < 1.29 is 22.6 Å². The Morgan fingerprint density at radius 1 is 1.22 bits per heavy atom. The maximum Gasteiger partial charge on any atom is 0.390 e. The second kappa shape index (κ2) is 11.1. The van der Waals surface area contributed by atoms with Crippen LogP contribution in [0.4, 0.5) is 13.2 Å². The van der Waals surface area contributed by atoms with Crippen molar-refractivity contribution in [2.24, 2.45) is 4.99 Å². The Morgan fingerprint density at radius 2 is 1.96 bits per heavy atom. The third-order valence-electron chi connectivity index (χ3n) is 4.11. The largest absolute Gasteiger partial charge is 0.390 e. The second-order valence-electron chi connectivity index (χ2n) is 6.43. The first-order valence-electron chi connectivity index (χ1n) is 9.32. The number of guanidine groups is 1. The van der Waals surface area contributed by atoms with E-state index < -0.39 is 12.6 Å². The van der Waals surface area contributed by atoms with E-state index in [1.165, 1.54) is 0 Å². The van der Waals surface area contributed by atoms with Crippen molar-refractivity contribution >= 4 is 5.96 Å². The normalized spacial score (nSPS) is 16.4. The first kappa shape index (κ1) is 21.5. The quantitative estimate of drug-likeness (QED) is 0.530. The molecule has 152 valence electrons. The smallest absolute Gasteiger partial charge is 0.381 e. The van der Waals surface area contributed by atoms with Crippen LogP contribution in [0.15, 0.2) is 29.3 Å². The van der Waals surface area contributed by atoms with E-state index in [1.54, 1.807) is 0 Å². The van der Waals surface area contributed by atoms with Crippen LogP contribution in [0.5, 0.6) is 0 Å². The van der Waals surface area contributed by atoms with Gasteiger partial charge in [-0.05, 0) is 30.9 Å². The van der Waals surface area contributed by atoms with Crippen LogP contribution in [-0.2, 0) is 22.6 Å². The number of aliphatic imine (C=N–C) groups is 1. The number of rotatable bonds is 8. The Balaban J connectivity index is 1.85. The molecule has 1 aromatic carbocycles. The van der Waals surface area contributed by atoms with Gasteiger partial charge in [0.25, 0.3) is 0 Å². The average molecular weight is 387 g/mol. The lowest BCUT2D eigenvalue weighted by Crippen LogP contribution is -2.38. The van der Waals surface area contributed by atoms with Gasteiger partial charge < -0.3 is 20.1 Å². The highest BCUT2D eigenvalue weighted by Crippen LogP contribution is 2.18. The Morgan fingerprint density at radius 3 is 2.67 bits per heavy atom. The minimum Gasteiger partial charge on any atom is -0.381 e. The SMILES string of the molecule is CCNC(=NCc1cccc(COC2CCOCC2)c1)NCCC(F)(F)F. The molecule has 0 aliphatic carbocycles. The van der Waals surface area contributed by atoms with Crippen LogP contribution in [0, 0.1) is 0 Å². The third kappa shape index (κ3) is 9.10. The number of ether oxygens (including phenoxy) is 2. The first-order valence-corrected chi connectivity index (χ1v) is 9.32. The van der Waals surface area contributed by atoms with Gasteiger partial charge in [-0.2, -0.15) is 13.2 Å².